The minimum absolute atomic E-state index is 0.0252. The molecule has 2 unspecified atom stereocenters. The first kappa shape index (κ1) is 17.5. The average Bonchev–Trinajstić information content (AvgIpc) is 3.17. The number of carbonyl (C=O) groups excluding carboxylic acids is 2. The lowest BCUT2D eigenvalue weighted by atomic mass is 9.88. The molecule has 0 radical (unpaired) electrons. The molecule has 2 atom stereocenters. The number of hydrogen-bond donors (Lipinski definition) is 1. The van der Waals surface area contributed by atoms with E-state index in [1.807, 2.05) is 16.7 Å². The Morgan fingerprint density at radius 2 is 1.62 bits per heavy atom. The molecule has 2 aliphatic heterocycles. The monoisotopic (exact) mass is 337 g/mol. The van der Waals surface area contributed by atoms with Crippen molar-refractivity contribution in [3.63, 3.8) is 0 Å². The summed E-state index contributed by atoms with van der Waals surface area (Å²) in [6.45, 7) is 5.39. The highest BCUT2D eigenvalue weighted by Gasteiger charge is 2.31. The van der Waals surface area contributed by atoms with Gasteiger partial charge in [-0.05, 0) is 32.6 Å². The Morgan fingerprint density at radius 3 is 2.25 bits per heavy atom. The highest BCUT2D eigenvalue weighted by molar-refractivity contribution is 5.80. The summed E-state index contributed by atoms with van der Waals surface area (Å²) in [5.41, 5.74) is 0. The lowest BCUT2D eigenvalue weighted by Gasteiger charge is -2.37. The number of amides is 3. The third-order valence-electron chi connectivity index (χ3n) is 5.71. The molecule has 3 fully saturated rings. The Morgan fingerprint density at radius 1 is 0.958 bits per heavy atom. The molecule has 3 amide bonds. The summed E-state index contributed by atoms with van der Waals surface area (Å²) >= 11 is 0. The highest BCUT2D eigenvalue weighted by Crippen LogP contribution is 2.25. The number of nitrogens with one attached hydrogen (secondary N) is 1. The molecule has 136 valence electrons. The Bertz CT molecular complexity index is 437. The Kier molecular flexibility index (Phi) is 5.98. The molecule has 6 nitrogen and oxygen atoms in total. The summed E-state index contributed by atoms with van der Waals surface area (Å²) in [7, 11) is 0. The number of hydrogen-bond acceptors (Lipinski definition) is 3. The van der Waals surface area contributed by atoms with Crippen LogP contribution in [0.15, 0.2) is 0 Å². The van der Waals surface area contributed by atoms with Gasteiger partial charge in [-0.3, -0.25) is 4.79 Å². The third-order valence-corrected chi connectivity index (χ3v) is 5.71. The second-order valence-electron chi connectivity index (χ2n) is 7.44. The summed E-state index contributed by atoms with van der Waals surface area (Å²) < 4.78 is 5.63. The predicted octanol–water partition coefficient (Wildman–Crippen LogP) is 1.99. The first-order valence-electron chi connectivity index (χ1n) is 9.61. The van der Waals surface area contributed by atoms with Crippen LogP contribution in [0.2, 0.25) is 0 Å². The first-order chi connectivity index (χ1) is 11.6. The van der Waals surface area contributed by atoms with E-state index in [0.717, 1.165) is 32.3 Å². The van der Waals surface area contributed by atoms with Crippen LogP contribution in [0.4, 0.5) is 4.79 Å². The van der Waals surface area contributed by atoms with Gasteiger partial charge >= 0.3 is 6.03 Å². The Balaban J connectivity index is 1.42. The fourth-order valence-electron chi connectivity index (χ4n) is 4.11. The van der Waals surface area contributed by atoms with Crippen LogP contribution in [0, 0.1) is 5.92 Å². The van der Waals surface area contributed by atoms with Gasteiger partial charge in [0.1, 0.15) is 0 Å². The molecule has 0 bridgehead atoms. The summed E-state index contributed by atoms with van der Waals surface area (Å²) in [5, 5.41) is 3.06. The number of nitrogens with zero attached hydrogens (tertiary/aromatic N) is 2. The van der Waals surface area contributed by atoms with Gasteiger partial charge in [0.25, 0.3) is 0 Å². The van der Waals surface area contributed by atoms with E-state index in [0.29, 0.717) is 32.1 Å². The van der Waals surface area contributed by atoms with Crippen molar-refractivity contribution in [1.29, 1.82) is 0 Å². The molecule has 1 N–H and O–H groups in total. The number of rotatable bonds is 3. The van der Waals surface area contributed by atoms with E-state index in [9.17, 15) is 9.59 Å². The molecule has 2 saturated heterocycles. The smallest absolute Gasteiger partial charge is 0.317 e. The zero-order chi connectivity index (χ0) is 16.9. The molecule has 0 aromatic rings. The summed E-state index contributed by atoms with van der Waals surface area (Å²) in [5.74, 6) is 0.529. The Hall–Kier alpha value is -1.30. The van der Waals surface area contributed by atoms with Gasteiger partial charge in [0.2, 0.25) is 5.91 Å². The van der Waals surface area contributed by atoms with Gasteiger partial charge < -0.3 is 19.9 Å². The standard InChI is InChI=1S/C18H31N3O3/c1-14(16-8-5-13-24-16)19-18(23)21-11-9-20(10-12-21)17(22)15-6-3-2-4-7-15/h14-16H,2-13H2,1H3,(H,19,23). The minimum atomic E-state index is -0.0252. The van der Waals surface area contributed by atoms with Gasteiger partial charge in [-0.25, -0.2) is 4.79 Å². The molecule has 1 aliphatic carbocycles. The van der Waals surface area contributed by atoms with E-state index < -0.39 is 0 Å². The molecule has 0 spiro atoms. The maximum absolute atomic E-state index is 12.6. The first-order valence-corrected chi connectivity index (χ1v) is 9.61. The molecular formula is C18H31N3O3. The van der Waals surface area contributed by atoms with Crippen molar-refractivity contribution in [2.75, 3.05) is 32.8 Å². The van der Waals surface area contributed by atoms with E-state index in [4.69, 9.17) is 4.74 Å². The summed E-state index contributed by atoms with van der Waals surface area (Å²) in [6, 6.07) is 0.0182. The van der Waals surface area contributed by atoms with Crippen molar-refractivity contribution >= 4 is 11.9 Å². The van der Waals surface area contributed by atoms with Crippen LogP contribution >= 0.6 is 0 Å². The minimum Gasteiger partial charge on any atom is -0.376 e. The number of carbonyl (C=O) groups is 2. The zero-order valence-electron chi connectivity index (χ0n) is 14.8. The van der Waals surface area contributed by atoms with Crippen LogP contribution in [0.1, 0.15) is 51.9 Å². The molecule has 0 aromatic carbocycles. The van der Waals surface area contributed by atoms with Crippen molar-refractivity contribution in [2.45, 2.75) is 64.0 Å². The third kappa shape index (κ3) is 4.21. The van der Waals surface area contributed by atoms with E-state index in [-0.39, 0.29) is 24.1 Å². The van der Waals surface area contributed by atoms with Crippen molar-refractivity contribution in [1.82, 2.24) is 15.1 Å². The van der Waals surface area contributed by atoms with Crippen LogP contribution in [0.5, 0.6) is 0 Å². The summed E-state index contributed by atoms with van der Waals surface area (Å²) in [4.78, 5) is 28.8. The molecule has 3 rings (SSSR count). The lowest BCUT2D eigenvalue weighted by molar-refractivity contribution is -0.138. The SMILES string of the molecule is CC(NC(=O)N1CCN(C(=O)C2CCCCC2)CC1)C1CCCO1. The largest absolute Gasteiger partial charge is 0.376 e. The summed E-state index contributed by atoms with van der Waals surface area (Å²) in [6.07, 6.45) is 7.94. The van der Waals surface area contributed by atoms with Gasteiger partial charge in [-0.1, -0.05) is 19.3 Å². The van der Waals surface area contributed by atoms with Gasteiger partial charge in [0.15, 0.2) is 0 Å². The number of piperazine rings is 1. The maximum Gasteiger partial charge on any atom is 0.317 e. The van der Waals surface area contributed by atoms with Crippen LogP contribution in [-0.4, -0.2) is 66.7 Å². The highest BCUT2D eigenvalue weighted by atomic mass is 16.5. The second-order valence-corrected chi connectivity index (χ2v) is 7.44. The molecule has 1 saturated carbocycles. The van der Waals surface area contributed by atoms with Gasteiger partial charge in [0, 0.05) is 38.7 Å². The fourth-order valence-corrected chi connectivity index (χ4v) is 4.11. The van der Waals surface area contributed by atoms with E-state index in [1.165, 1.54) is 19.3 Å². The lowest BCUT2D eigenvalue weighted by Crippen LogP contribution is -2.56. The second kappa shape index (κ2) is 8.19. The molecule has 3 aliphatic rings. The van der Waals surface area contributed by atoms with E-state index >= 15 is 0 Å². The quantitative estimate of drug-likeness (QED) is 0.857. The number of ether oxygens (including phenoxy) is 1. The van der Waals surface area contributed by atoms with Gasteiger partial charge in [-0.2, -0.15) is 0 Å². The van der Waals surface area contributed by atoms with Crippen LogP contribution in [0.3, 0.4) is 0 Å². The molecule has 24 heavy (non-hydrogen) atoms. The van der Waals surface area contributed by atoms with Crippen LogP contribution in [0.25, 0.3) is 0 Å². The van der Waals surface area contributed by atoms with Gasteiger partial charge in [-0.15, -0.1) is 0 Å². The van der Waals surface area contributed by atoms with Crippen molar-refractivity contribution in [3.05, 3.63) is 0 Å². The molecule has 2 heterocycles. The zero-order valence-corrected chi connectivity index (χ0v) is 14.8. The van der Waals surface area contributed by atoms with Crippen LogP contribution in [-0.2, 0) is 9.53 Å². The molecule has 6 heteroatoms. The normalized spacial score (nSPS) is 27.1. The maximum atomic E-state index is 12.6. The number of urea groups is 1. The Labute approximate surface area is 144 Å². The molecule has 0 aromatic heterocycles. The topological polar surface area (TPSA) is 61.9 Å². The fraction of sp³-hybridized carbons (Fsp3) is 0.889. The average molecular weight is 337 g/mol. The predicted molar refractivity (Wildman–Crippen MR) is 91.7 cm³/mol. The van der Waals surface area contributed by atoms with Crippen molar-refractivity contribution in [3.8, 4) is 0 Å². The van der Waals surface area contributed by atoms with E-state index in [2.05, 4.69) is 5.32 Å². The van der Waals surface area contributed by atoms with Gasteiger partial charge in [0.05, 0.1) is 12.1 Å². The van der Waals surface area contributed by atoms with Crippen LogP contribution < -0.4 is 5.32 Å². The van der Waals surface area contributed by atoms with Crippen molar-refractivity contribution in [2.24, 2.45) is 5.92 Å². The molecular weight excluding hydrogens is 306 g/mol. The van der Waals surface area contributed by atoms with E-state index in [1.54, 1.807) is 0 Å². The van der Waals surface area contributed by atoms with Crippen molar-refractivity contribution < 1.29 is 14.3 Å².